The largest absolute Gasteiger partial charge is 0.454 e. The molecule has 1 aliphatic heterocycles. The minimum atomic E-state index is -0.155. The van der Waals surface area contributed by atoms with Crippen molar-refractivity contribution in [2.75, 3.05) is 13.1 Å². The van der Waals surface area contributed by atoms with Crippen LogP contribution in [-0.4, -0.2) is 58.5 Å². The van der Waals surface area contributed by atoms with Gasteiger partial charge in [0.1, 0.15) is 16.6 Å². The first-order valence-electron chi connectivity index (χ1n) is 12.7. The van der Waals surface area contributed by atoms with Gasteiger partial charge in [-0.1, -0.05) is 30.7 Å². The molecule has 0 N–H and O–H groups in total. The van der Waals surface area contributed by atoms with E-state index in [-0.39, 0.29) is 11.3 Å². The summed E-state index contributed by atoms with van der Waals surface area (Å²) in [4.78, 5) is 15.6. The number of likely N-dealkylation sites (tertiary alicyclic amines) is 1. The summed E-state index contributed by atoms with van der Waals surface area (Å²) in [7, 11) is 1.81. The molecule has 0 radical (unpaired) electrons. The second-order valence-corrected chi connectivity index (χ2v) is 11.9. The predicted molar refractivity (Wildman–Crippen MR) is 147 cm³/mol. The van der Waals surface area contributed by atoms with E-state index < -0.39 is 0 Å². The van der Waals surface area contributed by atoms with Gasteiger partial charge in [0.2, 0.25) is 0 Å². The number of rotatable bonds is 7. The molecule has 4 aromatic heterocycles. The van der Waals surface area contributed by atoms with Crippen LogP contribution in [0.25, 0.3) is 11.3 Å². The minimum absolute atomic E-state index is 0.0721. The predicted octanol–water partition coefficient (Wildman–Crippen LogP) is 5.13. The zero-order valence-corrected chi connectivity index (χ0v) is 24.6. The number of halogens is 2. The molecule has 1 unspecified atom stereocenters. The third kappa shape index (κ3) is 5.05. The summed E-state index contributed by atoms with van der Waals surface area (Å²) >= 11 is 9.88. The van der Waals surface area contributed by atoms with Crippen molar-refractivity contribution in [3.8, 4) is 11.3 Å². The van der Waals surface area contributed by atoms with Crippen LogP contribution < -0.4 is 0 Å². The van der Waals surface area contributed by atoms with E-state index in [9.17, 15) is 4.79 Å². The van der Waals surface area contributed by atoms with E-state index in [1.807, 2.05) is 48.9 Å². The molecule has 202 valence electrons. The van der Waals surface area contributed by atoms with Gasteiger partial charge >= 0.3 is 0 Å². The van der Waals surface area contributed by atoms with Crippen LogP contribution in [0.2, 0.25) is 5.15 Å². The molecule has 1 aliphatic rings. The first-order valence-corrected chi connectivity index (χ1v) is 13.9. The summed E-state index contributed by atoms with van der Waals surface area (Å²) in [6.07, 6.45) is 7.43. The lowest BCUT2D eigenvalue weighted by Gasteiger charge is -2.45. The van der Waals surface area contributed by atoms with Crippen LogP contribution in [0.1, 0.15) is 54.3 Å². The molecule has 4 aromatic rings. The van der Waals surface area contributed by atoms with Gasteiger partial charge in [-0.15, -0.1) is 5.10 Å². The Morgan fingerprint density at radius 3 is 2.71 bits per heavy atom. The summed E-state index contributed by atoms with van der Waals surface area (Å²) in [5.74, 6) is 1.35. The maximum absolute atomic E-state index is 13.7. The number of nitrogens with zero attached hydrogens (tertiary/aromatic N) is 8. The lowest BCUT2D eigenvalue weighted by molar-refractivity contribution is 0.0218. The van der Waals surface area contributed by atoms with Gasteiger partial charge in [-0.3, -0.25) is 18.8 Å². The van der Waals surface area contributed by atoms with E-state index in [2.05, 4.69) is 50.3 Å². The molecule has 0 bridgehead atoms. The highest BCUT2D eigenvalue weighted by Crippen LogP contribution is 2.40. The van der Waals surface area contributed by atoms with Crippen LogP contribution in [0.5, 0.6) is 0 Å². The highest BCUT2D eigenvalue weighted by molar-refractivity contribution is 9.10. The minimum Gasteiger partial charge on any atom is -0.454 e. The summed E-state index contributed by atoms with van der Waals surface area (Å²) in [5, 5.41) is 18.0. The number of hydrogen-bond acceptors (Lipinski definition) is 6. The molecule has 5 rings (SSSR count). The Hall–Kier alpha value is -2.92. The van der Waals surface area contributed by atoms with Gasteiger partial charge < -0.3 is 9.32 Å². The van der Waals surface area contributed by atoms with Crippen molar-refractivity contribution in [1.29, 1.82) is 0 Å². The number of aromatic nitrogens is 7. The van der Waals surface area contributed by atoms with Crippen LogP contribution in [0.4, 0.5) is 0 Å². The number of carbonyl (C=O) groups excluding carboxylic acids is 1. The van der Waals surface area contributed by atoms with Crippen LogP contribution in [0.3, 0.4) is 0 Å². The SMILES string of the molecule is Cc1cc(Cn2cc(Br)cn2)oc1C(=O)N1CCCC(Cn2cc(-c3c(C)nn(C)c3Cl)nn2)(C(C)C)C1. The molecule has 10 nitrogen and oxygen atoms in total. The summed E-state index contributed by atoms with van der Waals surface area (Å²) in [6.45, 7) is 10.7. The first kappa shape index (κ1) is 26.7. The molecule has 0 aromatic carbocycles. The van der Waals surface area contributed by atoms with Crippen molar-refractivity contribution >= 4 is 33.4 Å². The van der Waals surface area contributed by atoms with Crippen molar-refractivity contribution in [3.05, 3.63) is 57.1 Å². The van der Waals surface area contributed by atoms with Crippen molar-refractivity contribution < 1.29 is 9.21 Å². The van der Waals surface area contributed by atoms with Gasteiger partial charge in [-0.05, 0) is 54.6 Å². The van der Waals surface area contributed by atoms with Crippen molar-refractivity contribution in [3.63, 3.8) is 0 Å². The number of aryl methyl sites for hydroxylation is 3. The maximum Gasteiger partial charge on any atom is 0.289 e. The second kappa shape index (κ2) is 10.3. The van der Waals surface area contributed by atoms with Gasteiger partial charge in [-0.25, -0.2) is 0 Å². The number of hydrogen-bond donors (Lipinski definition) is 0. The van der Waals surface area contributed by atoms with Crippen LogP contribution in [0.15, 0.2) is 33.5 Å². The zero-order valence-electron chi connectivity index (χ0n) is 22.3. The number of amides is 1. The van der Waals surface area contributed by atoms with Crippen LogP contribution in [-0.2, 0) is 20.1 Å². The molecule has 38 heavy (non-hydrogen) atoms. The van der Waals surface area contributed by atoms with E-state index in [1.165, 1.54) is 0 Å². The Morgan fingerprint density at radius 2 is 2.05 bits per heavy atom. The Kier molecular flexibility index (Phi) is 7.25. The highest BCUT2D eigenvalue weighted by Gasteiger charge is 2.41. The molecule has 12 heteroatoms. The Balaban J connectivity index is 1.35. The Bertz CT molecular complexity index is 1470. The zero-order chi connectivity index (χ0) is 27.2. The van der Waals surface area contributed by atoms with E-state index in [0.717, 1.165) is 34.1 Å². The number of furan rings is 1. The molecule has 5 heterocycles. The molecule has 1 fully saturated rings. The number of carbonyl (C=O) groups is 1. The molecule has 0 aliphatic carbocycles. The van der Waals surface area contributed by atoms with E-state index in [1.54, 1.807) is 15.6 Å². The van der Waals surface area contributed by atoms with Gasteiger partial charge in [-0.2, -0.15) is 10.2 Å². The third-order valence-corrected chi connectivity index (χ3v) is 8.47. The number of piperidine rings is 1. The van der Waals surface area contributed by atoms with Gasteiger partial charge in [0.25, 0.3) is 5.91 Å². The smallest absolute Gasteiger partial charge is 0.289 e. The monoisotopic (exact) mass is 602 g/mol. The average molecular weight is 604 g/mol. The molecule has 0 spiro atoms. The van der Waals surface area contributed by atoms with Gasteiger partial charge in [0.05, 0.1) is 41.2 Å². The Morgan fingerprint density at radius 1 is 1.26 bits per heavy atom. The fraction of sp³-hybridized carbons (Fsp3) is 0.500. The quantitative estimate of drug-likeness (QED) is 0.291. The lowest BCUT2D eigenvalue weighted by atomic mass is 9.71. The molecule has 1 atom stereocenters. The second-order valence-electron chi connectivity index (χ2n) is 10.6. The fourth-order valence-electron chi connectivity index (χ4n) is 5.42. The highest BCUT2D eigenvalue weighted by atomic mass is 79.9. The molecular formula is C26H32BrClN8O2. The van der Waals surface area contributed by atoms with E-state index >= 15 is 0 Å². The summed E-state index contributed by atoms with van der Waals surface area (Å²) in [6, 6.07) is 1.92. The molecule has 1 saturated heterocycles. The van der Waals surface area contributed by atoms with Gasteiger partial charge in [0, 0.05) is 37.3 Å². The standard InChI is InChI=1S/C26H32BrClN8O2/c1-16(2)26(15-36-13-21(30-32-36)22-18(4)31-33(5)24(22)28)7-6-8-34(14-26)25(37)23-17(3)9-20(38-23)12-35-11-19(27)10-29-35/h9-11,13,16H,6-8,12,14-15H2,1-5H3. The van der Waals surface area contributed by atoms with E-state index in [4.69, 9.17) is 16.0 Å². The summed E-state index contributed by atoms with van der Waals surface area (Å²) < 4.78 is 12.2. The molecular weight excluding hydrogens is 572 g/mol. The third-order valence-electron chi connectivity index (χ3n) is 7.63. The normalized spacial score (nSPS) is 18.1. The summed E-state index contributed by atoms with van der Waals surface area (Å²) in [5.41, 5.74) is 2.99. The maximum atomic E-state index is 13.7. The molecule has 1 amide bonds. The van der Waals surface area contributed by atoms with Crippen molar-refractivity contribution in [1.82, 2.24) is 39.5 Å². The van der Waals surface area contributed by atoms with Crippen molar-refractivity contribution in [2.24, 2.45) is 18.4 Å². The Labute approximate surface area is 235 Å². The topological polar surface area (TPSA) is 99.8 Å². The van der Waals surface area contributed by atoms with Gasteiger partial charge in [0.15, 0.2) is 5.76 Å². The van der Waals surface area contributed by atoms with Crippen LogP contribution in [0, 0.1) is 25.2 Å². The first-order chi connectivity index (χ1) is 18.1. The van der Waals surface area contributed by atoms with Crippen molar-refractivity contribution in [2.45, 2.75) is 53.6 Å². The lowest BCUT2D eigenvalue weighted by Crippen LogP contribution is -2.50. The van der Waals surface area contributed by atoms with E-state index in [0.29, 0.717) is 54.5 Å². The molecule has 0 saturated carbocycles. The van der Waals surface area contributed by atoms with Crippen LogP contribution >= 0.6 is 27.5 Å². The fourth-order valence-corrected chi connectivity index (χ4v) is 6.02. The average Bonchev–Trinajstić information content (AvgIpc) is 3.63.